The van der Waals surface area contributed by atoms with E-state index in [0.717, 1.165) is 99.7 Å². The number of ether oxygens (including phenoxy) is 2. The Morgan fingerprint density at radius 1 is 0.521 bits per heavy atom. The van der Waals surface area contributed by atoms with Crippen molar-refractivity contribution >= 4 is 11.6 Å². The van der Waals surface area contributed by atoms with Crippen LogP contribution in [0.3, 0.4) is 0 Å². The SMILES string of the molecule is CCCC(=O)C(C)CCCCCCCCC[C@@H]1c2ccc(O)cc2OC[C@]1(C)c1ccc(O)cc1.CCCC(=O)CCCCCCCCCC[C@@H]1c2ccc(O)cc2OC[C@]1(C)c1ccc(O)cc1.[Na+].[OH-]. The molecule has 0 aliphatic carbocycles. The Morgan fingerprint density at radius 3 is 1.30 bits per heavy atom. The molecule has 0 spiro atoms. The molecule has 0 radical (unpaired) electrons. The Balaban J connectivity index is 0.000000365. The molecule has 0 saturated carbocycles. The Kier molecular flexibility index (Phi) is 27.2. The Labute approximate surface area is 449 Å². The monoisotopic (exact) mass is 987 g/mol. The van der Waals surface area contributed by atoms with E-state index < -0.39 is 0 Å². The van der Waals surface area contributed by atoms with E-state index in [9.17, 15) is 30.0 Å². The smallest absolute Gasteiger partial charge is 0.870 e. The summed E-state index contributed by atoms with van der Waals surface area (Å²) >= 11 is 0. The molecule has 5 atom stereocenters. The van der Waals surface area contributed by atoms with Gasteiger partial charge in [-0.2, -0.15) is 0 Å². The second kappa shape index (κ2) is 31.5. The Bertz CT molecular complexity index is 2160. The van der Waals surface area contributed by atoms with Crippen molar-refractivity contribution in [2.75, 3.05) is 13.2 Å². The maximum atomic E-state index is 11.9. The van der Waals surface area contributed by atoms with Crippen LogP contribution >= 0.6 is 0 Å². The number of unbranched alkanes of at least 4 members (excludes halogenated alkanes) is 13. The number of hydrogen-bond acceptors (Lipinski definition) is 9. The first-order chi connectivity index (χ1) is 33.3. The third-order valence-corrected chi connectivity index (χ3v) is 15.3. The van der Waals surface area contributed by atoms with Crippen LogP contribution in [0.2, 0.25) is 0 Å². The van der Waals surface area contributed by atoms with Gasteiger partial charge in [-0.05, 0) is 97.2 Å². The third kappa shape index (κ3) is 18.5. The van der Waals surface area contributed by atoms with Crippen molar-refractivity contribution in [3.05, 3.63) is 107 Å². The number of hydrogen-bond donors (Lipinski definition) is 4. The normalized spacial score (nSPS) is 19.2. The van der Waals surface area contributed by atoms with E-state index >= 15 is 0 Å². The first-order valence-electron chi connectivity index (χ1n) is 26.8. The van der Waals surface area contributed by atoms with Crippen LogP contribution in [0.15, 0.2) is 84.9 Å². The zero-order chi connectivity index (χ0) is 49.7. The molecule has 9 nitrogen and oxygen atoms in total. The van der Waals surface area contributed by atoms with Crippen molar-refractivity contribution < 1.29 is 74.5 Å². The van der Waals surface area contributed by atoms with E-state index in [1.165, 1.54) is 81.8 Å². The van der Waals surface area contributed by atoms with Crippen LogP contribution in [0.25, 0.3) is 0 Å². The number of carbonyl (C=O) groups excluding carboxylic acids is 2. The number of Topliss-reactive ketones (excluding diaryl/α,β-unsaturated/α-hetero) is 2. The molecule has 2 aliphatic heterocycles. The van der Waals surface area contributed by atoms with Crippen LogP contribution in [0.5, 0.6) is 34.5 Å². The molecule has 0 saturated heterocycles. The summed E-state index contributed by atoms with van der Waals surface area (Å²) in [7, 11) is 0. The summed E-state index contributed by atoms with van der Waals surface area (Å²) in [5.74, 6) is 4.26. The van der Waals surface area contributed by atoms with E-state index in [-0.39, 0.29) is 74.8 Å². The third-order valence-electron chi connectivity index (χ3n) is 15.3. The van der Waals surface area contributed by atoms with Gasteiger partial charge in [-0.15, -0.1) is 0 Å². The minimum absolute atomic E-state index is 0. The van der Waals surface area contributed by atoms with Gasteiger partial charge in [0.05, 0.1) is 13.2 Å². The summed E-state index contributed by atoms with van der Waals surface area (Å²) in [6.07, 6.45) is 25.4. The minimum Gasteiger partial charge on any atom is -0.870 e. The summed E-state index contributed by atoms with van der Waals surface area (Å²) in [5, 5.41) is 39.4. The van der Waals surface area contributed by atoms with Crippen molar-refractivity contribution in [3.63, 3.8) is 0 Å². The fourth-order valence-electron chi connectivity index (χ4n) is 10.9. The van der Waals surface area contributed by atoms with Gasteiger partial charge in [-0.25, -0.2) is 0 Å². The Hall–Kier alpha value is -4.02. The predicted octanol–water partition coefficient (Wildman–Crippen LogP) is 12.7. The summed E-state index contributed by atoms with van der Waals surface area (Å²) < 4.78 is 12.2. The molecule has 0 aromatic heterocycles. The quantitative estimate of drug-likeness (QED) is 0.0320. The first-order valence-corrected chi connectivity index (χ1v) is 26.8. The number of benzene rings is 4. The molecule has 2 heterocycles. The van der Waals surface area contributed by atoms with Crippen molar-refractivity contribution in [1.82, 2.24) is 0 Å². The van der Waals surface area contributed by atoms with Gasteiger partial charge in [0.25, 0.3) is 0 Å². The van der Waals surface area contributed by atoms with Gasteiger partial charge in [0.15, 0.2) is 0 Å². The maximum Gasteiger partial charge on any atom is 1.00 e. The van der Waals surface area contributed by atoms with Gasteiger partial charge in [0, 0.05) is 60.0 Å². The van der Waals surface area contributed by atoms with Crippen LogP contribution in [0.1, 0.15) is 216 Å². The van der Waals surface area contributed by atoms with Crippen molar-refractivity contribution in [1.29, 1.82) is 0 Å². The zero-order valence-corrected chi connectivity index (χ0v) is 46.4. The van der Waals surface area contributed by atoms with Crippen LogP contribution in [0, 0.1) is 5.92 Å². The zero-order valence-electron chi connectivity index (χ0n) is 44.4. The van der Waals surface area contributed by atoms with E-state index in [0.29, 0.717) is 36.6 Å². The van der Waals surface area contributed by atoms with Gasteiger partial charge in [0.2, 0.25) is 0 Å². The number of ketones is 2. The van der Waals surface area contributed by atoms with E-state index in [2.05, 4.69) is 34.6 Å². The summed E-state index contributed by atoms with van der Waals surface area (Å²) in [6, 6.07) is 26.0. The number of carbonyl (C=O) groups is 2. The number of aromatic hydroxyl groups is 4. The predicted molar refractivity (Wildman–Crippen MR) is 282 cm³/mol. The van der Waals surface area contributed by atoms with E-state index in [1.54, 1.807) is 48.5 Å². The molecule has 4 aromatic carbocycles. The molecule has 0 amide bonds. The molecule has 2 aliphatic rings. The Morgan fingerprint density at radius 2 is 0.887 bits per heavy atom. The molecule has 0 bridgehead atoms. The number of phenolic OH excluding ortho intramolecular Hbond substituents is 4. The van der Waals surface area contributed by atoms with Gasteiger partial charge < -0.3 is 35.4 Å². The minimum atomic E-state index is -0.191. The fraction of sp³-hybridized carbons (Fsp3) is 0.574. The maximum absolute atomic E-state index is 11.9. The van der Waals surface area contributed by atoms with Crippen molar-refractivity contribution in [3.8, 4) is 34.5 Å². The van der Waals surface area contributed by atoms with Gasteiger partial charge in [-0.1, -0.05) is 161 Å². The molecular weight excluding hydrogens is 900 g/mol. The van der Waals surface area contributed by atoms with Crippen LogP contribution in [-0.4, -0.2) is 50.7 Å². The van der Waals surface area contributed by atoms with Gasteiger partial charge >= 0.3 is 29.6 Å². The van der Waals surface area contributed by atoms with Crippen LogP contribution in [-0.2, 0) is 20.4 Å². The molecule has 5 N–H and O–H groups in total. The molecule has 386 valence electrons. The van der Waals surface area contributed by atoms with Crippen molar-refractivity contribution in [2.24, 2.45) is 5.92 Å². The van der Waals surface area contributed by atoms with Crippen LogP contribution in [0.4, 0.5) is 0 Å². The average molecular weight is 987 g/mol. The molecule has 0 fully saturated rings. The molecule has 6 rings (SSSR count). The van der Waals surface area contributed by atoms with E-state index in [4.69, 9.17) is 9.47 Å². The fourth-order valence-corrected chi connectivity index (χ4v) is 10.9. The topological polar surface area (TPSA) is 164 Å². The largest absolute Gasteiger partial charge is 1.00 e. The standard InChI is InChI=1S/C31H44O4.C30H42O4.Na.H2O/c1-4-12-29(34)23(2)13-10-8-6-5-7-9-11-14-28-27-20-19-26(33)21-30(27)35-22-31(28,3)24-15-17-25(32)18-16-24;1-3-12-24(31)13-10-8-6-4-5-7-9-11-14-28-27-20-19-26(33)21-29(27)34-22-30(28,2)23-15-17-25(32)18-16-23;;/h15-21,23,28,32-33H,4-14,22H2,1-3H3;15-21,28,32-33H,3-14,22H2,1-2H3;;1H2/q;;+1;/p-1/t23?,28-,31-;28-,30-;;/m11../s1. The number of rotatable bonds is 28. The summed E-state index contributed by atoms with van der Waals surface area (Å²) in [6.45, 7) is 11.8. The number of phenols is 4. The van der Waals surface area contributed by atoms with Crippen LogP contribution < -0.4 is 39.0 Å². The van der Waals surface area contributed by atoms with Crippen molar-refractivity contribution in [2.45, 2.75) is 205 Å². The number of fused-ring (bicyclic) bond motifs is 2. The van der Waals surface area contributed by atoms with Gasteiger partial charge in [-0.3, -0.25) is 9.59 Å². The molecular formula is C61H87NaO9. The molecule has 4 aromatic rings. The average Bonchev–Trinajstić information content (AvgIpc) is 3.33. The van der Waals surface area contributed by atoms with E-state index in [1.807, 2.05) is 36.4 Å². The molecule has 10 heteroatoms. The second-order valence-corrected chi connectivity index (χ2v) is 20.9. The summed E-state index contributed by atoms with van der Waals surface area (Å²) in [5.41, 5.74) is 4.29. The first kappa shape index (κ1) is 61.3. The van der Waals surface area contributed by atoms with Gasteiger partial charge in [0.1, 0.15) is 46.1 Å². The second-order valence-electron chi connectivity index (χ2n) is 20.9. The molecule has 1 unspecified atom stereocenters. The summed E-state index contributed by atoms with van der Waals surface area (Å²) in [4.78, 5) is 23.5. The molecule has 71 heavy (non-hydrogen) atoms.